The Kier molecular flexibility index (Phi) is 8.41. The Bertz CT molecular complexity index is 935. The van der Waals surface area contributed by atoms with E-state index in [4.69, 9.17) is 4.98 Å². The first kappa shape index (κ1) is 23.9. The highest BCUT2D eigenvalue weighted by atomic mass is 16.2. The van der Waals surface area contributed by atoms with E-state index in [0.717, 1.165) is 74.6 Å². The number of rotatable bonds is 8. The summed E-state index contributed by atoms with van der Waals surface area (Å²) in [6, 6.07) is 7.70. The van der Waals surface area contributed by atoms with E-state index in [2.05, 4.69) is 59.1 Å². The number of nitrogens with one attached hydrogen (secondary N) is 2. The molecule has 2 heterocycles. The molecule has 1 aliphatic rings. The van der Waals surface area contributed by atoms with Gasteiger partial charge in [-0.15, -0.1) is 0 Å². The van der Waals surface area contributed by atoms with Crippen molar-refractivity contribution in [3.63, 3.8) is 0 Å². The first-order valence-corrected chi connectivity index (χ1v) is 11.6. The van der Waals surface area contributed by atoms with Gasteiger partial charge in [-0.3, -0.25) is 9.59 Å². The van der Waals surface area contributed by atoms with Crippen molar-refractivity contribution in [2.24, 2.45) is 0 Å². The molecule has 3 rings (SSSR count). The van der Waals surface area contributed by atoms with Crippen LogP contribution in [0.15, 0.2) is 24.3 Å². The molecule has 1 aromatic heterocycles. The molecule has 1 aliphatic heterocycles. The second-order valence-electron chi connectivity index (χ2n) is 8.19. The summed E-state index contributed by atoms with van der Waals surface area (Å²) in [6.45, 7) is 16.5. The van der Waals surface area contributed by atoms with E-state index in [0.29, 0.717) is 12.2 Å². The summed E-state index contributed by atoms with van der Waals surface area (Å²) in [5.74, 6) is -0.274. The minimum atomic E-state index is -0.653. The zero-order chi connectivity index (χ0) is 23.1. The van der Waals surface area contributed by atoms with Crippen LogP contribution in [0.3, 0.4) is 0 Å². The number of benzene rings is 1. The molecule has 1 fully saturated rings. The number of nitrogens with zero attached hydrogens (tertiary/aromatic N) is 4. The fraction of sp³-hybridized carbons (Fsp3) is 0.542. The molecule has 0 bridgehead atoms. The molecule has 32 heavy (non-hydrogen) atoms. The van der Waals surface area contributed by atoms with E-state index in [9.17, 15) is 9.59 Å². The van der Waals surface area contributed by atoms with Gasteiger partial charge in [0.25, 0.3) is 0 Å². The minimum absolute atomic E-state index is 0.448. The maximum Gasteiger partial charge on any atom is 0.313 e. The van der Waals surface area contributed by atoms with Gasteiger partial charge in [0.1, 0.15) is 5.82 Å². The van der Waals surface area contributed by atoms with Crippen molar-refractivity contribution in [2.75, 3.05) is 69.1 Å². The highest BCUT2D eigenvalue weighted by Gasteiger charge is 2.18. The standard InChI is InChI=1S/C24H36N6O2/c1-5-28(6-2)11-10-25-23(31)24(32)26-19-8-9-21-20(17-19)18(4)16-22(27-21)30-14-12-29(7-3)13-15-30/h8-9,16-17H,5-7,10-15H2,1-4H3,(H,25,31)(H,26,32). The largest absolute Gasteiger partial charge is 0.354 e. The third-order valence-corrected chi connectivity index (χ3v) is 6.22. The van der Waals surface area contributed by atoms with Crippen molar-refractivity contribution in [1.29, 1.82) is 0 Å². The molecule has 0 unspecified atom stereocenters. The third-order valence-electron chi connectivity index (χ3n) is 6.22. The highest BCUT2D eigenvalue weighted by Crippen LogP contribution is 2.26. The van der Waals surface area contributed by atoms with Crippen molar-refractivity contribution in [3.05, 3.63) is 29.8 Å². The van der Waals surface area contributed by atoms with Crippen molar-refractivity contribution in [2.45, 2.75) is 27.7 Å². The molecule has 0 spiro atoms. The van der Waals surface area contributed by atoms with Crippen molar-refractivity contribution >= 4 is 34.2 Å². The van der Waals surface area contributed by atoms with Crippen LogP contribution in [0.4, 0.5) is 11.5 Å². The normalized spacial score (nSPS) is 14.7. The van der Waals surface area contributed by atoms with E-state index < -0.39 is 11.8 Å². The van der Waals surface area contributed by atoms with E-state index in [1.807, 2.05) is 12.1 Å². The molecule has 8 nitrogen and oxygen atoms in total. The first-order valence-electron chi connectivity index (χ1n) is 11.6. The maximum atomic E-state index is 12.3. The Morgan fingerprint density at radius 1 is 1.03 bits per heavy atom. The summed E-state index contributed by atoms with van der Waals surface area (Å²) < 4.78 is 0. The van der Waals surface area contributed by atoms with Gasteiger partial charge in [-0.25, -0.2) is 4.98 Å². The van der Waals surface area contributed by atoms with Gasteiger partial charge in [0, 0.05) is 50.3 Å². The van der Waals surface area contributed by atoms with Gasteiger partial charge in [0.2, 0.25) is 0 Å². The summed E-state index contributed by atoms with van der Waals surface area (Å²) in [7, 11) is 0. The number of aryl methyl sites for hydroxylation is 1. The quantitative estimate of drug-likeness (QED) is 0.612. The Morgan fingerprint density at radius 3 is 2.41 bits per heavy atom. The minimum Gasteiger partial charge on any atom is -0.354 e. The average Bonchev–Trinajstić information content (AvgIpc) is 2.82. The van der Waals surface area contributed by atoms with Crippen LogP contribution >= 0.6 is 0 Å². The number of anilines is 2. The average molecular weight is 441 g/mol. The van der Waals surface area contributed by atoms with Crippen LogP contribution < -0.4 is 15.5 Å². The molecule has 0 radical (unpaired) electrons. The van der Waals surface area contributed by atoms with Crippen LogP contribution in [0.1, 0.15) is 26.3 Å². The molecule has 174 valence electrons. The first-order chi connectivity index (χ1) is 15.4. The number of pyridine rings is 1. The van der Waals surface area contributed by atoms with Crippen LogP contribution in [0.5, 0.6) is 0 Å². The molecule has 0 aliphatic carbocycles. The SMILES string of the molecule is CCN(CC)CCNC(=O)C(=O)Nc1ccc2nc(N3CCN(CC)CC3)cc(C)c2c1. The van der Waals surface area contributed by atoms with Crippen LogP contribution in [0.25, 0.3) is 10.9 Å². The summed E-state index contributed by atoms with van der Waals surface area (Å²) in [5, 5.41) is 6.37. The second kappa shape index (κ2) is 11.2. The topological polar surface area (TPSA) is 80.8 Å². The van der Waals surface area contributed by atoms with Gasteiger partial charge in [0.05, 0.1) is 5.52 Å². The number of fused-ring (bicyclic) bond motifs is 1. The number of hydrogen-bond donors (Lipinski definition) is 2. The lowest BCUT2D eigenvalue weighted by atomic mass is 10.1. The monoisotopic (exact) mass is 440 g/mol. The fourth-order valence-electron chi connectivity index (χ4n) is 4.04. The molecule has 2 N–H and O–H groups in total. The molecule has 1 saturated heterocycles. The second-order valence-corrected chi connectivity index (χ2v) is 8.19. The molecule has 0 atom stereocenters. The van der Waals surface area contributed by atoms with Crippen LogP contribution in [0.2, 0.25) is 0 Å². The van der Waals surface area contributed by atoms with E-state index in [-0.39, 0.29) is 0 Å². The van der Waals surface area contributed by atoms with E-state index >= 15 is 0 Å². The van der Waals surface area contributed by atoms with Crippen LogP contribution in [-0.2, 0) is 9.59 Å². The Labute approximate surface area is 191 Å². The predicted molar refractivity (Wildman–Crippen MR) is 130 cm³/mol. The molecule has 1 aromatic carbocycles. The van der Waals surface area contributed by atoms with Crippen molar-refractivity contribution in [1.82, 2.24) is 20.1 Å². The predicted octanol–water partition coefficient (Wildman–Crippen LogP) is 2.08. The summed E-state index contributed by atoms with van der Waals surface area (Å²) >= 11 is 0. The van der Waals surface area contributed by atoms with Crippen molar-refractivity contribution in [3.8, 4) is 0 Å². The van der Waals surface area contributed by atoms with Gasteiger partial charge < -0.3 is 25.3 Å². The third kappa shape index (κ3) is 5.95. The Morgan fingerprint density at radius 2 is 1.75 bits per heavy atom. The molecular formula is C24H36N6O2. The maximum absolute atomic E-state index is 12.3. The summed E-state index contributed by atoms with van der Waals surface area (Å²) in [6.07, 6.45) is 0. The molecule has 8 heteroatoms. The lowest BCUT2D eigenvalue weighted by molar-refractivity contribution is -0.136. The molecule has 0 saturated carbocycles. The summed E-state index contributed by atoms with van der Waals surface area (Å²) in [5.41, 5.74) is 2.58. The van der Waals surface area contributed by atoms with Gasteiger partial charge >= 0.3 is 11.8 Å². The van der Waals surface area contributed by atoms with Crippen molar-refractivity contribution < 1.29 is 9.59 Å². The van der Waals surface area contributed by atoms with Gasteiger partial charge in [-0.05, 0) is 56.4 Å². The smallest absolute Gasteiger partial charge is 0.313 e. The number of aromatic nitrogens is 1. The number of piperazine rings is 1. The lowest BCUT2D eigenvalue weighted by Crippen LogP contribution is -2.46. The van der Waals surface area contributed by atoms with Crippen LogP contribution in [-0.4, -0.2) is 85.5 Å². The van der Waals surface area contributed by atoms with Crippen LogP contribution in [0, 0.1) is 6.92 Å². The zero-order valence-corrected chi connectivity index (χ0v) is 19.8. The number of likely N-dealkylation sites (N-methyl/N-ethyl adjacent to an activating group) is 2. The lowest BCUT2D eigenvalue weighted by Gasteiger charge is -2.35. The zero-order valence-electron chi connectivity index (χ0n) is 19.8. The highest BCUT2D eigenvalue weighted by molar-refractivity contribution is 6.39. The fourth-order valence-corrected chi connectivity index (χ4v) is 4.04. The number of carbonyl (C=O) groups excluding carboxylic acids is 2. The number of hydrogen-bond acceptors (Lipinski definition) is 6. The van der Waals surface area contributed by atoms with Gasteiger partial charge in [-0.1, -0.05) is 20.8 Å². The van der Waals surface area contributed by atoms with Gasteiger partial charge in [-0.2, -0.15) is 0 Å². The number of carbonyl (C=O) groups is 2. The Balaban J connectivity index is 1.63. The molecule has 2 amide bonds. The summed E-state index contributed by atoms with van der Waals surface area (Å²) in [4.78, 5) is 36.2. The van der Waals surface area contributed by atoms with Gasteiger partial charge in [0.15, 0.2) is 0 Å². The van der Waals surface area contributed by atoms with E-state index in [1.54, 1.807) is 6.07 Å². The molecular weight excluding hydrogens is 404 g/mol. The molecule has 2 aromatic rings. The number of amides is 2. The Hall–Kier alpha value is -2.71. The van der Waals surface area contributed by atoms with E-state index in [1.165, 1.54) is 0 Å².